The van der Waals surface area contributed by atoms with E-state index in [0.29, 0.717) is 18.0 Å². The molecule has 0 saturated heterocycles. The molecule has 0 radical (unpaired) electrons. The van der Waals surface area contributed by atoms with Crippen molar-refractivity contribution in [2.45, 2.75) is 13.3 Å². The molecule has 0 aliphatic heterocycles. The van der Waals surface area contributed by atoms with Crippen LogP contribution >= 0.6 is 0 Å². The molecule has 0 bridgehead atoms. The Morgan fingerprint density at radius 2 is 2.08 bits per heavy atom. The molecule has 3 aromatic rings. The van der Waals surface area contributed by atoms with E-state index in [-0.39, 0.29) is 16.6 Å². The Labute approximate surface area is 148 Å². The van der Waals surface area contributed by atoms with Gasteiger partial charge in [0.15, 0.2) is 0 Å². The molecule has 2 heterocycles. The second kappa shape index (κ2) is 7.22. The number of anilines is 1. The lowest BCUT2D eigenvalue weighted by Crippen LogP contribution is -2.29. The maximum atomic E-state index is 12.6. The average Bonchev–Trinajstić information content (AvgIpc) is 2.65. The number of hydrogen-bond donors (Lipinski definition) is 2. The van der Waals surface area contributed by atoms with E-state index in [9.17, 15) is 14.4 Å². The molecular weight excluding hydrogens is 336 g/mol. The van der Waals surface area contributed by atoms with Gasteiger partial charge in [-0.3, -0.25) is 19.1 Å². The third-order valence-electron chi connectivity index (χ3n) is 3.81. The number of H-pyrrole nitrogens is 1. The zero-order valence-electron chi connectivity index (χ0n) is 14.4. The molecule has 0 fully saturated rings. The summed E-state index contributed by atoms with van der Waals surface area (Å²) in [7, 11) is 1.49. The van der Waals surface area contributed by atoms with Gasteiger partial charge in [0.25, 0.3) is 11.5 Å². The Morgan fingerprint density at radius 1 is 1.31 bits per heavy atom. The lowest BCUT2D eigenvalue weighted by molar-refractivity contribution is 0.102. The molecule has 8 heteroatoms. The first-order valence-electron chi connectivity index (χ1n) is 8.13. The van der Waals surface area contributed by atoms with E-state index in [2.05, 4.69) is 15.3 Å². The van der Waals surface area contributed by atoms with Crippen molar-refractivity contribution < 1.29 is 9.53 Å². The molecule has 0 aliphatic rings. The van der Waals surface area contributed by atoms with E-state index in [1.165, 1.54) is 23.9 Å². The van der Waals surface area contributed by atoms with Crippen LogP contribution < -0.4 is 21.3 Å². The van der Waals surface area contributed by atoms with Crippen molar-refractivity contribution in [3.8, 4) is 5.75 Å². The van der Waals surface area contributed by atoms with Crippen LogP contribution in [0.3, 0.4) is 0 Å². The van der Waals surface area contributed by atoms with Gasteiger partial charge in [0, 0.05) is 13.2 Å². The fraction of sp³-hybridized carbons (Fsp3) is 0.222. The molecule has 0 unspecified atom stereocenters. The van der Waals surface area contributed by atoms with Crippen molar-refractivity contribution in [2.24, 2.45) is 7.05 Å². The molecular formula is C18H18N4O4. The van der Waals surface area contributed by atoms with Gasteiger partial charge in [-0.25, -0.2) is 9.78 Å². The van der Waals surface area contributed by atoms with E-state index < -0.39 is 17.2 Å². The summed E-state index contributed by atoms with van der Waals surface area (Å²) in [5.74, 6) is 0.136. The predicted molar refractivity (Wildman–Crippen MR) is 97.8 cm³/mol. The molecule has 8 nitrogen and oxygen atoms in total. The highest BCUT2D eigenvalue weighted by molar-refractivity contribution is 6.06. The first-order chi connectivity index (χ1) is 12.5. The van der Waals surface area contributed by atoms with E-state index >= 15 is 0 Å². The Balaban J connectivity index is 1.94. The van der Waals surface area contributed by atoms with Crippen molar-refractivity contribution in [3.63, 3.8) is 0 Å². The van der Waals surface area contributed by atoms with Crippen LogP contribution in [0.2, 0.25) is 0 Å². The van der Waals surface area contributed by atoms with Gasteiger partial charge >= 0.3 is 5.69 Å². The smallest absolute Gasteiger partial charge is 0.329 e. The van der Waals surface area contributed by atoms with E-state index in [1.54, 1.807) is 18.2 Å². The number of aromatic nitrogens is 3. The summed E-state index contributed by atoms with van der Waals surface area (Å²) in [6, 6.07) is 8.51. The number of benzene rings is 1. The Bertz CT molecular complexity index is 1080. The number of para-hydroxylation sites is 2. The first kappa shape index (κ1) is 17.4. The fourth-order valence-corrected chi connectivity index (χ4v) is 2.46. The number of fused-ring (bicyclic) bond motifs is 1. The summed E-state index contributed by atoms with van der Waals surface area (Å²) < 4.78 is 6.83. The van der Waals surface area contributed by atoms with E-state index in [0.717, 1.165) is 6.42 Å². The number of nitrogens with one attached hydrogen (secondary N) is 2. The zero-order chi connectivity index (χ0) is 18.7. The van der Waals surface area contributed by atoms with Crippen molar-refractivity contribution in [3.05, 3.63) is 62.9 Å². The van der Waals surface area contributed by atoms with Gasteiger partial charge in [0.05, 0.1) is 23.2 Å². The zero-order valence-corrected chi connectivity index (χ0v) is 14.4. The molecule has 2 N–H and O–H groups in total. The van der Waals surface area contributed by atoms with Gasteiger partial charge in [-0.1, -0.05) is 19.1 Å². The van der Waals surface area contributed by atoms with Gasteiger partial charge in [-0.2, -0.15) is 0 Å². The number of ether oxygens (including phenoxy) is 1. The highest BCUT2D eigenvalue weighted by Crippen LogP contribution is 2.24. The summed E-state index contributed by atoms with van der Waals surface area (Å²) in [6.45, 7) is 2.53. The minimum absolute atomic E-state index is 0.162. The lowest BCUT2D eigenvalue weighted by atomic mass is 10.2. The monoisotopic (exact) mass is 354 g/mol. The Hall–Kier alpha value is -3.42. The second-order valence-electron chi connectivity index (χ2n) is 5.71. The molecule has 3 rings (SSSR count). The second-order valence-corrected chi connectivity index (χ2v) is 5.71. The maximum Gasteiger partial charge on any atom is 0.329 e. The number of nitrogens with zero attached hydrogens (tertiary/aromatic N) is 2. The van der Waals surface area contributed by atoms with Crippen LogP contribution in [0.1, 0.15) is 23.7 Å². The lowest BCUT2D eigenvalue weighted by Gasteiger charge is -2.12. The quantitative estimate of drug-likeness (QED) is 0.725. The number of carbonyl (C=O) groups excluding carboxylic acids is 1. The van der Waals surface area contributed by atoms with Gasteiger partial charge in [-0.15, -0.1) is 0 Å². The Morgan fingerprint density at radius 3 is 2.85 bits per heavy atom. The molecule has 0 saturated carbocycles. The SMILES string of the molecule is CCCOc1ccccc1NC(=O)c1cnc2c(c1)c(=O)[nH]c(=O)n2C. The van der Waals surface area contributed by atoms with Crippen molar-refractivity contribution in [1.29, 1.82) is 0 Å². The standard InChI is InChI=1S/C18H18N4O4/c1-3-8-26-14-7-5-4-6-13(14)20-16(23)11-9-12-15(19-10-11)22(2)18(25)21-17(12)24/h4-7,9-10H,3,8H2,1-2H3,(H,20,23)(H,21,24,25). The van der Waals surface area contributed by atoms with Crippen LogP contribution in [0.15, 0.2) is 46.1 Å². The van der Waals surface area contributed by atoms with Crippen molar-refractivity contribution in [2.75, 3.05) is 11.9 Å². The van der Waals surface area contributed by atoms with Crippen LogP contribution in [-0.2, 0) is 7.05 Å². The third-order valence-corrected chi connectivity index (χ3v) is 3.81. The summed E-state index contributed by atoms with van der Waals surface area (Å²) >= 11 is 0. The summed E-state index contributed by atoms with van der Waals surface area (Å²) in [4.78, 5) is 42.4. The number of hydrogen-bond acceptors (Lipinski definition) is 5. The predicted octanol–water partition coefficient (Wildman–Crippen LogP) is 1.66. The largest absolute Gasteiger partial charge is 0.491 e. The third kappa shape index (κ3) is 3.34. The first-order valence-corrected chi connectivity index (χ1v) is 8.13. The summed E-state index contributed by atoms with van der Waals surface area (Å²) in [6.07, 6.45) is 2.17. The fourth-order valence-electron chi connectivity index (χ4n) is 2.46. The number of pyridine rings is 1. The van der Waals surface area contributed by atoms with Crippen LogP contribution in [0, 0.1) is 0 Å². The normalized spacial score (nSPS) is 10.7. The maximum absolute atomic E-state index is 12.6. The average molecular weight is 354 g/mol. The van der Waals surface area contributed by atoms with Crippen LogP contribution in [0.4, 0.5) is 5.69 Å². The van der Waals surface area contributed by atoms with Crippen LogP contribution in [-0.4, -0.2) is 27.0 Å². The van der Waals surface area contributed by atoms with E-state index in [1.807, 2.05) is 13.0 Å². The minimum Gasteiger partial charge on any atom is -0.491 e. The topological polar surface area (TPSA) is 106 Å². The van der Waals surface area contributed by atoms with Gasteiger partial charge in [0.1, 0.15) is 11.4 Å². The highest BCUT2D eigenvalue weighted by Gasteiger charge is 2.13. The van der Waals surface area contributed by atoms with Gasteiger partial charge in [0.2, 0.25) is 0 Å². The highest BCUT2D eigenvalue weighted by atomic mass is 16.5. The molecule has 134 valence electrons. The van der Waals surface area contributed by atoms with Crippen LogP contribution in [0.25, 0.3) is 11.0 Å². The molecule has 1 aromatic carbocycles. The summed E-state index contributed by atoms with van der Waals surface area (Å²) in [5.41, 5.74) is -0.208. The number of carbonyl (C=O) groups is 1. The van der Waals surface area contributed by atoms with Crippen molar-refractivity contribution >= 4 is 22.6 Å². The number of rotatable bonds is 5. The van der Waals surface area contributed by atoms with Gasteiger partial charge in [-0.05, 0) is 24.6 Å². The molecule has 2 aromatic heterocycles. The molecule has 26 heavy (non-hydrogen) atoms. The van der Waals surface area contributed by atoms with Crippen LogP contribution in [0.5, 0.6) is 5.75 Å². The number of amides is 1. The number of aromatic amines is 1. The summed E-state index contributed by atoms with van der Waals surface area (Å²) in [5, 5.41) is 2.92. The van der Waals surface area contributed by atoms with E-state index in [4.69, 9.17) is 4.74 Å². The Kier molecular flexibility index (Phi) is 4.83. The molecule has 0 spiro atoms. The molecule has 1 amide bonds. The van der Waals surface area contributed by atoms with Crippen molar-refractivity contribution in [1.82, 2.24) is 14.5 Å². The molecule has 0 aliphatic carbocycles. The minimum atomic E-state index is -0.586. The van der Waals surface area contributed by atoms with Gasteiger partial charge < -0.3 is 10.1 Å². The molecule has 0 atom stereocenters. The number of aryl methyl sites for hydroxylation is 1.